The van der Waals surface area contributed by atoms with Crippen LogP contribution in [0.3, 0.4) is 0 Å². The third kappa shape index (κ3) is 4.06. The van der Waals surface area contributed by atoms with Crippen LogP contribution in [0.2, 0.25) is 0 Å². The Labute approximate surface area is 121 Å². The molecular weight excluding hydrogens is 310 g/mol. The monoisotopic (exact) mass is 318 g/mol. The first-order valence-corrected chi connectivity index (χ1v) is 5.91. The summed E-state index contributed by atoms with van der Waals surface area (Å²) in [5.74, 6) is 0. The number of aliphatic imine (C=N–C) groups is 1. The van der Waals surface area contributed by atoms with Crippen molar-refractivity contribution < 1.29 is 26.3 Å². The van der Waals surface area contributed by atoms with E-state index in [2.05, 4.69) is 9.98 Å². The molecule has 1 aromatic heterocycles. The molecule has 0 spiro atoms. The minimum Gasteiger partial charge on any atom is -0.255 e. The van der Waals surface area contributed by atoms with Crippen LogP contribution in [0.4, 0.5) is 32.0 Å². The standard InChI is InChI=1S/C14H8F6N2/c15-13(16,17)9-5-10(14(18,19)20)7-12(6-9)22-8-11-3-1-2-4-21-11/h1-8H/b22-8+. The third-order valence-corrected chi connectivity index (χ3v) is 2.61. The number of halogens is 6. The van der Waals surface area contributed by atoms with Gasteiger partial charge in [0.25, 0.3) is 0 Å². The molecule has 0 fully saturated rings. The van der Waals surface area contributed by atoms with E-state index in [1.54, 1.807) is 12.1 Å². The first-order chi connectivity index (χ1) is 10.2. The summed E-state index contributed by atoms with van der Waals surface area (Å²) in [6, 6.07) is 5.90. The van der Waals surface area contributed by atoms with Crippen LogP contribution in [0.15, 0.2) is 47.6 Å². The van der Waals surface area contributed by atoms with Gasteiger partial charge in [-0.2, -0.15) is 26.3 Å². The van der Waals surface area contributed by atoms with Gasteiger partial charge >= 0.3 is 12.4 Å². The lowest BCUT2D eigenvalue weighted by Gasteiger charge is -2.12. The van der Waals surface area contributed by atoms with E-state index in [9.17, 15) is 26.3 Å². The molecule has 0 atom stereocenters. The Hall–Kier alpha value is -2.38. The van der Waals surface area contributed by atoms with Gasteiger partial charge in [0.15, 0.2) is 0 Å². The molecule has 2 nitrogen and oxygen atoms in total. The van der Waals surface area contributed by atoms with Crippen molar-refractivity contribution in [3.8, 4) is 0 Å². The third-order valence-electron chi connectivity index (χ3n) is 2.61. The first-order valence-electron chi connectivity index (χ1n) is 5.91. The van der Waals surface area contributed by atoms with E-state index in [1.807, 2.05) is 0 Å². The topological polar surface area (TPSA) is 25.2 Å². The predicted molar refractivity (Wildman–Crippen MR) is 67.9 cm³/mol. The predicted octanol–water partition coefficient (Wildman–Crippen LogP) is 4.87. The fourth-order valence-electron chi connectivity index (χ4n) is 1.61. The van der Waals surface area contributed by atoms with Crippen LogP contribution in [0.1, 0.15) is 16.8 Å². The van der Waals surface area contributed by atoms with Crippen LogP contribution in [0, 0.1) is 0 Å². The lowest BCUT2D eigenvalue weighted by atomic mass is 10.1. The Morgan fingerprint density at radius 2 is 1.45 bits per heavy atom. The molecule has 2 aromatic rings. The zero-order valence-corrected chi connectivity index (χ0v) is 10.8. The molecule has 0 N–H and O–H groups in total. The molecule has 1 aromatic carbocycles. The fourth-order valence-corrected chi connectivity index (χ4v) is 1.61. The minimum atomic E-state index is -4.89. The summed E-state index contributed by atoms with van der Waals surface area (Å²) in [6.45, 7) is 0. The Balaban J connectivity index is 2.45. The molecule has 0 aliphatic rings. The van der Waals surface area contributed by atoms with Gasteiger partial charge in [0, 0.05) is 6.20 Å². The molecule has 0 amide bonds. The van der Waals surface area contributed by atoms with E-state index in [4.69, 9.17) is 0 Å². The molecule has 22 heavy (non-hydrogen) atoms. The van der Waals surface area contributed by atoms with Crippen LogP contribution in [0.25, 0.3) is 0 Å². The molecular formula is C14H8F6N2. The van der Waals surface area contributed by atoms with Gasteiger partial charge in [-0.25, -0.2) is 0 Å². The summed E-state index contributed by atoms with van der Waals surface area (Å²) in [5.41, 5.74) is -2.95. The summed E-state index contributed by atoms with van der Waals surface area (Å²) >= 11 is 0. The van der Waals surface area contributed by atoms with Crippen molar-refractivity contribution in [3.63, 3.8) is 0 Å². The highest BCUT2D eigenvalue weighted by molar-refractivity contribution is 5.79. The summed E-state index contributed by atoms with van der Waals surface area (Å²) < 4.78 is 76.0. The summed E-state index contributed by atoms with van der Waals surface area (Å²) in [7, 11) is 0. The van der Waals surface area contributed by atoms with Crippen molar-refractivity contribution in [1.29, 1.82) is 0 Å². The van der Waals surface area contributed by atoms with Crippen molar-refractivity contribution in [2.24, 2.45) is 4.99 Å². The van der Waals surface area contributed by atoms with Gasteiger partial charge in [0.05, 0.1) is 28.7 Å². The van der Waals surface area contributed by atoms with Crippen LogP contribution in [-0.2, 0) is 12.4 Å². The van der Waals surface area contributed by atoms with Crippen molar-refractivity contribution in [3.05, 3.63) is 59.4 Å². The normalized spacial score (nSPS) is 12.8. The maximum atomic E-state index is 12.7. The van der Waals surface area contributed by atoms with Gasteiger partial charge in [0.1, 0.15) is 0 Å². The maximum Gasteiger partial charge on any atom is 0.416 e. The number of aromatic nitrogens is 1. The van der Waals surface area contributed by atoms with Crippen molar-refractivity contribution >= 4 is 11.9 Å². The number of hydrogen-bond acceptors (Lipinski definition) is 2. The fraction of sp³-hybridized carbons (Fsp3) is 0.143. The largest absolute Gasteiger partial charge is 0.416 e. The smallest absolute Gasteiger partial charge is 0.255 e. The van der Waals surface area contributed by atoms with Gasteiger partial charge < -0.3 is 0 Å². The average Bonchev–Trinajstić information content (AvgIpc) is 2.44. The van der Waals surface area contributed by atoms with E-state index >= 15 is 0 Å². The molecule has 1 heterocycles. The van der Waals surface area contributed by atoms with Crippen molar-refractivity contribution in [1.82, 2.24) is 4.98 Å². The summed E-state index contributed by atoms with van der Waals surface area (Å²) in [4.78, 5) is 7.48. The molecule has 0 unspecified atom stereocenters. The van der Waals surface area contributed by atoms with Gasteiger partial charge in [-0.3, -0.25) is 9.98 Å². The number of rotatable bonds is 2. The first kappa shape index (κ1) is 16.0. The zero-order valence-electron chi connectivity index (χ0n) is 10.8. The van der Waals surface area contributed by atoms with E-state index in [1.165, 1.54) is 12.3 Å². The maximum absolute atomic E-state index is 12.7. The summed E-state index contributed by atoms with van der Waals surface area (Å²) in [5, 5.41) is 0. The van der Waals surface area contributed by atoms with Crippen LogP contribution >= 0.6 is 0 Å². The van der Waals surface area contributed by atoms with Crippen molar-refractivity contribution in [2.75, 3.05) is 0 Å². The number of alkyl halides is 6. The quantitative estimate of drug-likeness (QED) is 0.573. The molecule has 0 bridgehead atoms. The summed E-state index contributed by atoms with van der Waals surface area (Å²) in [6.07, 6.45) is -7.27. The molecule has 0 saturated heterocycles. The molecule has 2 rings (SSSR count). The Morgan fingerprint density at radius 1 is 0.864 bits per heavy atom. The Morgan fingerprint density at radius 3 is 1.91 bits per heavy atom. The molecule has 0 aliphatic heterocycles. The second-order valence-electron chi connectivity index (χ2n) is 4.28. The molecule has 8 heteroatoms. The van der Waals surface area contributed by atoms with Crippen molar-refractivity contribution in [2.45, 2.75) is 12.4 Å². The molecule has 0 saturated carbocycles. The molecule has 116 valence electrons. The second kappa shape index (κ2) is 5.78. The van der Waals surface area contributed by atoms with E-state index in [0.29, 0.717) is 17.8 Å². The van der Waals surface area contributed by atoms with Gasteiger partial charge in [-0.15, -0.1) is 0 Å². The van der Waals surface area contributed by atoms with E-state index in [0.717, 1.165) is 6.21 Å². The SMILES string of the molecule is FC(F)(F)c1cc(/N=C/c2ccccn2)cc(C(F)(F)F)c1. The lowest BCUT2D eigenvalue weighted by Crippen LogP contribution is -2.10. The minimum absolute atomic E-state index is 0.0553. The molecule has 0 radical (unpaired) electrons. The van der Waals surface area contributed by atoms with E-state index < -0.39 is 29.2 Å². The average molecular weight is 318 g/mol. The second-order valence-corrected chi connectivity index (χ2v) is 4.28. The van der Waals surface area contributed by atoms with Crippen LogP contribution < -0.4 is 0 Å². The zero-order chi connectivity index (χ0) is 16.4. The highest BCUT2D eigenvalue weighted by Crippen LogP contribution is 2.38. The molecule has 0 aliphatic carbocycles. The van der Waals surface area contributed by atoms with Gasteiger partial charge in [-0.05, 0) is 30.3 Å². The number of nitrogens with zero attached hydrogens (tertiary/aromatic N) is 2. The highest BCUT2D eigenvalue weighted by Gasteiger charge is 2.36. The Kier molecular flexibility index (Phi) is 4.20. The van der Waals surface area contributed by atoms with Crippen LogP contribution in [-0.4, -0.2) is 11.2 Å². The highest BCUT2D eigenvalue weighted by atomic mass is 19.4. The van der Waals surface area contributed by atoms with Gasteiger partial charge in [0.2, 0.25) is 0 Å². The number of pyridine rings is 1. The number of benzene rings is 1. The van der Waals surface area contributed by atoms with E-state index in [-0.39, 0.29) is 6.07 Å². The van der Waals surface area contributed by atoms with Gasteiger partial charge in [-0.1, -0.05) is 6.07 Å². The Bertz CT molecular complexity index is 642. The lowest BCUT2D eigenvalue weighted by molar-refractivity contribution is -0.143. The number of hydrogen-bond donors (Lipinski definition) is 0. The van der Waals surface area contributed by atoms with Crippen LogP contribution in [0.5, 0.6) is 0 Å².